The Labute approximate surface area is 218 Å². The van der Waals surface area contributed by atoms with Gasteiger partial charge in [-0.15, -0.1) is 11.3 Å². The molecule has 2 aromatic heterocycles. The van der Waals surface area contributed by atoms with Crippen molar-refractivity contribution >= 4 is 29.2 Å². The lowest BCUT2D eigenvalue weighted by atomic mass is 9.79. The number of rotatable bonds is 4. The highest BCUT2D eigenvalue weighted by molar-refractivity contribution is 7.09. The first-order valence-electron chi connectivity index (χ1n) is 11.4. The van der Waals surface area contributed by atoms with Crippen LogP contribution in [0.3, 0.4) is 0 Å². The first-order chi connectivity index (χ1) is 17.6. The Morgan fingerprint density at radius 3 is 2.03 bits per heavy atom. The maximum atomic E-state index is 10.6. The lowest BCUT2D eigenvalue weighted by Gasteiger charge is -2.40. The van der Waals surface area contributed by atoms with Gasteiger partial charge in [-0.2, -0.15) is 26.3 Å². The zero-order valence-corrected chi connectivity index (χ0v) is 21.1. The van der Waals surface area contributed by atoms with Gasteiger partial charge in [0.1, 0.15) is 5.01 Å². The van der Waals surface area contributed by atoms with Crippen LogP contribution in [0.1, 0.15) is 36.8 Å². The lowest BCUT2D eigenvalue weighted by Crippen LogP contribution is -2.44. The second kappa shape index (κ2) is 13.2. The molecule has 16 heteroatoms. The van der Waals surface area contributed by atoms with Crippen molar-refractivity contribution in [3.8, 4) is 0 Å². The van der Waals surface area contributed by atoms with Gasteiger partial charge in [-0.3, -0.25) is 4.90 Å². The summed E-state index contributed by atoms with van der Waals surface area (Å²) in [5.74, 6) is -4.61. The van der Waals surface area contributed by atoms with Gasteiger partial charge in [0.25, 0.3) is 0 Å². The number of aryl methyl sites for hydroxylation is 1. The second-order valence-corrected chi connectivity index (χ2v) is 9.74. The molecule has 38 heavy (non-hydrogen) atoms. The number of aromatic nitrogens is 3. The van der Waals surface area contributed by atoms with Gasteiger partial charge >= 0.3 is 24.3 Å². The summed E-state index contributed by atoms with van der Waals surface area (Å²) in [4.78, 5) is 36.4. The predicted octanol–water partition coefficient (Wildman–Crippen LogP) is 4.25. The molecular formula is C22H27F6N5O4S. The molecule has 0 aromatic carbocycles. The summed E-state index contributed by atoms with van der Waals surface area (Å²) in [5.41, 5.74) is 1.61. The van der Waals surface area contributed by atoms with Crippen molar-refractivity contribution in [1.82, 2.24) is 19.9 Å². The van der Waals surface area contributed by atoms with Crippen molar-refractivity contribution in [2.45, 2.75) is 51.5 Å². The standard InChI is InChI=1S/C18H25N5S.2C2HF3O2/c1-2-15-10-20-17(21-11-15)23-8-5-18(14-23)4-3-7-22(13-18)12-16-19-6-9-24-16;2*3-2(4,5)1(6)7/h6,9-11H,2-5,7-8,12-14H2,1H3;2*(H,6,7). The van der Waals surface area contributed by atoms with E-state index in [1.165, 1.54) is 42.9 Å². The Balaban J connectivity index is 0.000000301. The van der Waals surface area contributed by atoms with E-state index in [2.05, 4.69) is 37.1 Å². The fourth-order valence-electron chi connectivity index (χ4n) is 4.10. The van der Waals surface area contributed by atoms with Gasteiger partial charge in [0.05, 0.1) is 6.54 Å². The molecule has 212 valence electrons. The van der Waals surface area contributed by atoms with E-state index >= 15 is 0 Å². The molecule has 2 aliphatic heterocycles. The molecule has 1 atom stereocenters. The number of carboxylic acids is 2. The van der Waals surface area contributed by atoms with Crippen LogP contribution in [0.5, 0.6) is 0 Å². The molecular weight excluding hydrogens is 544 g/mol. The number of alkyl halides is 6. The SMILES string of the molecule is CCc1cnc(N2CCC3(CCCN(Cc4nccs4)C3)C2)nc1.O=C(O)C(F)(F)F.O=C(O)C(F)(F)F. The van der Waals surface area contributed by atoms with Gasteiger partial charge in [0.15, 0.2) is 0 Å². The third-order valence-corrected chi connectivity index (χ3v) is 6.65. The van der Waals surface area contributed by atoms with E-state index < -0.39 is 24.3 Å². The Kier molecular flexibility index (Phi) is 10.8. The molecule has 0 aliphatic carbocycles. The number of thiazole rings is 1. The first kappa shape index (κ1) is 31.2. The molecule has 2 saturated heterocycles. The van der Waals surface area contributed by atoms with E-state index in [0.29, 0.717) is 5.41 Å². The van der Waals surface area contributed by atoms with E-state index in [1.54, 1.807) is 11.3 Å². The number of hydrogen-bond acceptors (Lipinski definition) is 8. The monoisotopic (exact) mass is 571 g/mol. The molecule has 0 saturated carbocycles. The number of carboxylic acid groups (broad SMARTS) is 2. The highest BCUT2D eigenvalue weighted by Crippen LogP contribution is 2.40. The predicted molar refractivity (Wildman–Crippen MR) is 125 cm³/mol. The van der Waals surface area contributed by atoms with E-state index in [4.69, 9.17) is 19.8 Å². The van der Waals surface area contributed by atoms with Crippen molar-refractivity contribution in [2.75, 3.05) is 31.1 Å². The molecule has 2 aliphatic rings. The maximum absolute atomic E-state index is 10.6. The molecule has 2 N–H and O–H groups in total. The average molecular weight is 572 g/mol. The van der Waals surface area contributed by atoms with Gasteiger partial charge in [-0.05, 0) is 37.8 Å². The molecule has 1 unspecified atom stereocenters. The van der Waals surface area contributed by atoms with Crippen LogP contribution in [0.2, 0.25) is 0 Å². The largest absolute Gasteiger partial charge is 0.490 e. The number of anilines is 1. The van der Waals surface area contributed by atoms with Gasteiger partial charge in [0, 0.05) is 49.0 Å². The second-order valence-electron chi connectivity index (χ2n) is 8.76. The number of carbonyl (C=O) groups is 2. The Hall–Kier alpha value is -3.01. The Morgan fingerprint density at radius 1 is 0.974 bits per heavy atom. The van der Waals surface area contributed by atoms with Gasteiger partial charge < -0.3 is 15.1 Å². The van der Waals surface area contributed by atoms with E-state index in [0.717, 1.165) is 32.0 Å². The molecule has 2 aromatic rings. The fraction of sp³-hybridized carbons (Fsp3) is 0.591. The summed E-state index contributed by atoms with van der Waals surface area (Å²) in [5, 5.41) is 17.6. The first-order valence-corrected chi connectivity index (χ1v) is 12.3. The summed E-state index contributed by atoms with van der Waals surface area (Å²) in [6, 6.07) is 0. The summed E-state index contributed by atoms with van der Waals surface area (Å²) in [6.07, 6.45) is 0.552. The number of aliphatic carboxylic acids is 2. The zero-order chi connectivity index (χ0) is 28.6. The minimum Gasteiger partial charge on any atom is -0.475 e. The molecule has 4 heterocycles. The van der Waals surface area contributed by atoms with Crippen LogP contribution in [0, 0.1) is 5.41 Å². The number of nitrogens with zero attached hydrogens (tertiary/aromatic N) is 5. The van der Waals surface area contributed by atoms with Crippen LogP contribution in [-0.4, -0.2) is 80.5 Å². The van der Waals surface area contributed by atoms with Crippen molar-refractivity contribution in [2.24, 2.45) is 5.41 Å². The quantitative estimate of drug-likeness (QED) is 0.519. The van der Waals surface area contributed by atoms with Crippen molar-refractivity contribution in [3.63, 3.8) is 0 Å². The minimum atomic E-state index is -5.08. The smallest absolute Gasteiger partial charge is 0.475 e. The molecule has 2 fully saturated rings. The van der Waals surface area contributed by atoms with Crippen LogP contribution in [0.4, 0.5) is 32.3 Å². The maximum Gasteiger partial charge on any atom is 0.490 e. The molecule has 9 nitrogen and oxygen atoms in total. The summed E-state index contributed by atoms with van der Waals surface area (Å²) in [7, 11) is 0. The van der Waals surface area contributed by atoms with Crippen LogP contribution in [0.15, 0.2) is 24.0 Å². The van der Waals surface area contributed by atoms with E-state index in [-0.39, 0.29) is 0 Å². The van der Waals surface area contributed by atoms with Crippen molar-refractivity contribution in [3.05, 3.63) is 34.5 Å². The fourth-order valence-corrected chi connectivity index (χ4v) is 4.76. The lowest BCUT2D eigenvalue weighted by molar-refractivity contribution is -0.193. The summed E-state index contributed by atoms with van der Waals surface area (Å²) in [6.45, 7) is 7.69. The Bertz CT molecular complexity index is 1010. The van der Waals surface area contributed by atoms with E-state index in [9.17, 15) is 26.3 Å². The van der Waals surface area contributed by atoms with Crippen molar-refractivity contribution in [1.29, 1.82) is 0 Å². The Morgan fingerprint density at radius 2 is 1.55 bits per heavy atom. The van der Waals surface area contributed by atoms with Gasteiger partial charge in [0.2, 0.25) is 5.95 Å². The third-order valence-electron chi connectivity index (χ3n) is 5.89. The van der Waals surface area contributed by atoms with Crippen LogP contribution < -0.4 is 4.90 Å². The molecule has 1 spiro atoms. The molecule has 0 amide bonds. The number of halogens is 6. The normalized spacial score (nSPS) is 19.8. The van der Waals surface area contributed by atoms with Gasteiger partial charge in [-0.1, -0.05) is 6.92 Å². The summed E-state index contributed by atoms with van der Waals surface area (Å²) < 4.78 is 63.5. The number of piperidine rings is 1. The molecule has 0 radical (unpaired) electrons. The summed E-state index contributed by atoms with van der Waals surface area (Å²) >= 11 is 1.77. The van der Waals surface area contributed by atoms with E-state index in [1.807, 2.05) is 18.6 Å². The topological polar surface area (TPSA) is 120 Å². The van der Waals surface area contributed by atoms with Crippen LogP contribution in [0.25, 0.3) is 0 Å². The van der Waals surface area contributed by atoms with Crippen LogP contribution >= 0.6 is 11.3 Å². The van der Waals surface area contributed by atoms with Gasteiger partial charge in [-0.25, -0.2) is 24.5 Å². The minimum absolute atomic E-state index is 0.405. The zero-order valence-electron chi connectivity index (χ0n) is 20.3. The third kappa shape index (κ3) is 9.70. The highest BCUT2D eigenvalue weighted by atomic mass is 32.1. The number of likely N-dealkylation sites (tertiary alicyclic amines) is 1. The van der Waals surface area contributed by atoms with Crippen molar-refractivity contribution < 1.29 is 46.1 Å². The average Bonchev–Trinajstić information content (AvgIpc) is 3.49. The molecule has 0 bridgehead atoms. The number of hydrogen-bond donors (Lipinski definition) is 2. The highest BCUT2D eigenvalue weighted by Gasteiger charge is 2.42. The molecule has 4 rings (SSSR count). The van der Waals surface area contributed by atoms with Crippen LogP contribution in [-0.2, 0) is 22.6 Å².